The molecule has 1 aliphatic heterocycles. The Morgan fingerprint density at radius 3 is 2.81 bits per heavy atom. The largest absolute Gasteiger partial charge is 0.370 e. The lowest BCUT2D eigenvalue weighted by Crippen LogP contribution is -2.38. The molecular formula is C20H34IN5. The number of hydrogen-bond acceptors (Lipinski definition) is 3. The molecule has 2 heterocycles. The maximum atomic E-state index is 6.05. The van der Waals surface area contributed by atoms with Crippen molar-refractivity contribution in [1.29, 1.82) is 0 Å². The van der Waals surface area contributed by atoms with E-state index in [1.54, 1.807) is 0 Å². The van der Waals surface area contributed by atoms with Crippen molar-refractivity contribution in [3.05, 3.63) is 30.1 Å². The lowest BCUT2D eigenvalue weighted by Gasteiger charge is -2.30. The van der Waals surface area contributed by atoms with E-state index in [2.05, 4.69) is 20.2 Å². The Bertz CT molecular complexity index is 530. The first-order valence-corrected chi connectivity index (χ1v) is 9.99. The zero-order valence-corrected chi connectivity index (χ0v) is 18.1. The summed E-state index contributed by atoms with van der Waals surface area (Å²) in [6.07, 6.45) is 12.4. The van der Waals surface area contributed by atoms with Crippen molar-refractivity contribution in [3.8, 4) is 0 Å². The van der Waals surface area contributed by atoms with E-state index >= 15 is 0 Å². The van der Waals surface area contributed by atoms with Gasteiger partial charge in [0.15, 0.2) is 5.96 Å². The molecular weight excluding hydrogens is 437 g/mol. The van der Waals surface area contributed by atoms with Gasteiger partial charge in [0.25, 0.3) is 0 Å². The van der Waals surface area contributed by atoms with Gasteiger partial charge in [-0.25, -0.2) is 0 Å². The van der Waals surface area contributed by atoms with Gasteiger partial charge >= 0.3 is 0 Å². The summed E-state index contributed by atoms with van der Waals surface area (Å²) in [5, 5.41) is 3.22. The van der Waals surface area contributed by atoms with Crippen LogP contribution in [0.3, 0.4) is 0 Å². The average molecular weight is 471 g/mol. The van der Waals surface area contributed by atoms with E-state index in [0.717, 1.165) is 31.1 Å². The van der Waals surface area contributed by atoms with Crippen LogP contribution in [0.2, 0.25) is 0 Å². The minimum Gasteiger partial charge on any atom is -0.370 e. The quantitative estimate of drug-likeness (QED) is 0.364. The molecule has 0 bridgehead atoms. The third-order valence-corrected chi connectivity index (χ3v) is 5.60. The van der Waals surface area contributed by atoms with E-state index in [-0.39, 0.29) is 24.0 Å². The van der Waals surface area contributed by atoms with Crippen LogP contribution in [0, 0.1) is 5.92 Å². The highest BCUT2D eigenvalue weighted by Gasteiger charge is 2.27. The number of pyridine rings is 1. The van der Waals surface area contributed by atoms with Crippen LogP contribution in [0.15, 0.2) is 29.4 Å². The van der Waals surface area contributed by atoms with Crippen molar-refractivity contribution >= 4 is 29.9 Å². The van der Waals surface area contributed by atoms with E-state index in [4.69, 9.17) is 5.73 Å². The normalized spacial score (nSPS) is 22.2. The fourth-order valence-electron chi connectivity index (χ4n) is 4.17. The predicted molar refractivity (Wildman–Crippen MR) is 119 cm³/mol. The number of aromatic nitrogens is 1. The second-order valence-electron chi connectivity index (χ2n) is 7.52. The topological polar surface area (TPSA) is 66.5 Å². The van der Waals surface area contributed by atoms with Gasteiger partial charge in [-0.15, -0.1) is 24.0 Å². The number of halogens is 1. The maximum absolute atomic E-state index is 6.05. The lowest BCUT2D eigenvalue weighted by molar-refractivity contribution is 0.191. The molecule has 1 aromatic heterocycles. The summed E-state index contributed by atoms with van der Waals surface area (Å²) in [7, 11) is 0. The monoisotopic (exact) mass is 471 g/mol. The van der Waals surface area contributed by atoms with Gasteiger partial charge in [0.2, 0.25) is 0 Å². The van der Waals surface area contributed by atoms with Gasteiger partial charge in [-0.1, -0.05) is 25.3 Å². The Morgan fingerprint density at radius 1 is 1.19 bits per heavy atom. The zero-order valence-electron chi connectivity index (χ0n) is 15.8. The van der Waals surface area contributed by atoms with Crippen LogP contribution in [-0.2, 0) is 6.42 Å². The number of guanidine groups is 1. The molecule has 1 aromatic rings. The summed E-state index contributed by atoms with van der Waals surface area (Å²) in [5.74, 6) is 1.48. The molecule has 146 valence electrons. The Kier molecular flexibility index (Phi) is 9.67. The smallest absolute Gasteiger partial charge is 0.188 e. The Labute approximate surface area is 175 Å². The summed E-state index contributed by atoms with van der Waals surface area (Å²) < 4.78 is 0. The molecule has 1 saturated carbocycles. The van der Waals surface area contributed by atoms with Gasteiger partial charge in [-0.05, 0) is 50.3 Å². The minimum atomic E-state index is 0. The molecule has 1 unspecified atom stereocenters. The highest BCUT2D eigenvalue weighted by Crippen LogP contribution is 2.27. The van der Waals surface area contributed by atoms with Crippen molar-refractivity contribution in [1.82, 2.24) is 15.2 Å². The van der Waals surface area contributed by atoms with Gasteiger partial charge in [0, 0.05) is 37.4 Å². The van der Waals surface area contributed by atoms with Gasteiger partial charge in [0.05, 0.1) is 6.54 Å². The van der Waals surface area contributed by atoms with E-state index in [1.807, 2.05) is 24.4 Å². The maximum Gasteiger partial charge on any atom is 0.188 e. The van der Waals surface area contributed by atoms with Gasteiger partial charge in [-0.2, -0.15) is 0 Å². The molecule has 5 nitrogen and oxygen atoms in total. The molecule has 6 heteroatoms. The Hall–Kier alpha value is -0.890. The van der Waals surface area contributed by atoms with Gasteiger partial charge < -0.3 is 11.1 Å². The number of rotatable bonds is 7. The molecule has 0 radical (unpaired) electrons. The van der Waals surface area contributed by atoms with Crippen LogP contribution in [-0.4, -0.2) is 48.1 Å². The SMILES string of the molecule is I.NC(=NCC1CCCN1CC1CCCCC1)NCCc1ccccn1. The van der Waals surface area contributed by atoms with Crippen LogP contribution >= 0.6 is 24.0 Å². The van der Waals surface area contributed by atoms with Gasteiger partial charge in [-0.3, -0.25) is 14.9 Å². The van der Waals surface area contributed by atoms with Crippen LogP contribution in [0.4, 0.5) is 0 Å². The average Bonchev–Trinajstić information content (AvgIpc) is 3.09. The molecule has 1 atom stereocenters. The first-order valence-electron chi connectivity index (χ1n) is 9.99. The third-order valence-electron chi connectivity index (χ3n) is 5.60. The number of hydrogen-bond donors (Lipinski definition) is 2. The van der Waals surface area contributed by atoms with E-state index in [9.17, 15) is 0 Å². The first-order chi connectivity index (χ1) is 12.3. The summed E-state index contributed by atoms with van der Waals surface area (Å²) >= 11 is 0. The van der Waals surface area contributed by atoms with Crippen molar-refractivity contribution in [2.45, 2.75) is 57.4 Å². The van der Waals surface area contributed by atoms with E-state index < -0.39 is 0 Å². The first kappa shape index (κ1) is 21.4. The van der Waals surface area contributed by atoms with Crippen molar-refractivity contribution in [3.63, 3.8) is 0 Å². The fourth-order valence-corrected chi connectivity index (χ4v) is 4.17. The number of aliphatic imine (C=N–C) groups is 1. The molecule has 2 fully saturated rings. The minimum absolute atomic E-state index is 0. The number of nitrogens with two attached hydrogens (primary N) is 1. The molecule has 2 aliphatic rings. The second-order valence-corrected chi connectivity index (χ2v) is 7.52. The zero-order chi connectivity index (χ0) is 17.3. The predicted octanol–water partition coefficient (Wildman–Crippen LogP) is 3.19. The van der Waals surface area contributed by atoms with E-state index in [0.29, 0.717) is 12.0 Å². The molecule has 1 aliphatic carbocycles. The number of nitrogens with zero attached hydrogens (tertiary/aromatic N) is 3. The molecule has 0 aromatic carbocycles. The van der Waals surface area contributed by atoms with Crippen molar-refractivity contribution in [2.24, 2.45) is 16.6 Å². The van der Waals surface area contributed by atoms with Crippen molar-refractivity contribution < 1.29 is 0 Å². The summed E-state index contributed by atoms with van der Waals surface area (Å²) in [5.41, 5.74) is 7.13. The summed E-state index contributed by atoms with van der Waals surface area (Å²) in [6, 6.07) is 6.57. The number of nitrogens with one attached hydrogen (secondary N) is 1. The number of likely N-dealkylation sites (tertiary alicyclic amines) is 1. The molecule has 0 spiro atoms. The van der Waals surface area contributed by atoms with Crippen LogP contribution < -0.4 is 11.1 Å². The standard InChI is InChI=1S/C20H33N5.HI/c21-20(23-13-11-18-9-4-5-12-22-18)24-15-19-10-6-14-25(19)16-17-7-2-1-3-8-17;/h4-5,9,12,17,19H,1-3,6-8,10-11,13-16H2,(H3,21,23,24);1H. The molecule has 3 N–H and O–H groups in total. The van der Waals surface area contributed by atoms with Crippen molar-refractivity contribution in [2.75, 3.05) is 26.2 Å². The second kappa shape index (κ2) is 11.7. The molecule has 1 saturated heterocycles. The summed E-state index contributed by atoms with van der Waals surface area (Å²) in [4.78, 5) is 11.6. The molecule has 3 rings (SSSR count). The Balaban J connectivity index is 0.00000243. The highest BCUT2D eigenvalue weighted by atomic mass is 127. The fraction of sp³-hybridized carbons (Fsp3) is 0.700. The van der Waals surface area contributed by atoms with Crippen LogP contribution in [0.25, 0.3) is 0 Å². The molecule has 26 heavy (non-hydrogen) atoms. The Morgan fingerprint density at radius 2 is 2.04 bits per heavy atom. The van der Waals surface area contributed by atoms with Crippen LogP contribution in [0.5, 0.6) is 0 Å². The van der Waals surface area contributed by atoms with Crippen LogP contribution in [0.1, 0.15) is 50.6 Å². The molecule has 0 amide bonds. The highest BCUT2D eigenvalue weighted by molar-refractivity contribution is 14.0. The van der Waals surface area contributed by atoms with E-state index in [1.165, 1.54) is 58.0 Å². The lowest BCUT2D eigenvalue weighted by atomic mass is 9.89. The third kappa shape index (κ3) is 7.02. The summed E-state index contributed by atoms with van der Waals surface area (Å²) in [6.45, 7) is 4.12. The van der Waals surface area contributed by atoms with Gasteiger partial charge in [0.1, 0.15) is 0 Å².